The zero-order valence-electron chi connectivity index (χ0n) is 12.1. The highest BCUT2D eigenvalue weighted by molar-refractivity contribution is 5.65. The van der Waals surface area contributed by atoms with Crippen molar-refractivity contribution in [2.45, 2.75) is 31.6 Å². The van der Waals surface area contributed by atoms with E-state index in [9.17, 15) is 4.79 Å². The minimum absolute atomic E-state index is 0.354. The van der Waals surface area contributed by atoms with Crippen molar-refractivity contribution in [3.8, 4) is 0 Å². The number of amides is 1. The number of hydrogen-bond acceptors (Lipinski definition) is 3. The predicted octanol–water partition coefficient (Wildman–Crippen LogP) is 2.03. The second-order valence-corrected chi connectivity index (χ2v) is 5.85. The Labute approximate surface area is 125 Å². The summed E-state index contributed by atoms with van der Waals surface area (Å²) >= 11 is 0. The fourth-order valence-corrected chi connectivity index (χ4v) is 3.04. The molecule has 1 aromatic carbocycles. The Hall–Kier alpha value is -1.59. The van der Waals surface area contributed by atoms with E-state index in [-0.39, 0.29) is 0 Å². The van der Waals surface area contributed by atoms with Gasteiger partial charge in [0.15, 0.2) is 0 Å². The molecule has 5 nitrogen and oxygen atoms in total. The molecule has 0 radical (unpaired) electrons. The van der Waals surface area contributed by atoms with Crippen molar-refractivity contribution in [2.24, 2.45) is 0 Å². The lowest BCUT2D eigenvalue weighted by Gasteiger charge is -2.45. The largest absolute Gasteiger partial charge is 0.465 e. The minimum Gasteiger partial charge on any atom is -0.465 e. The summed E-state index contributed by atoms with van der Waals surface area (Å²) in [5, 5.41) is 8.94. The number of carbonyl (C=O) groups is 1. The lowest BCUT2D eigenvalue weighted by molar-refractivity contribution is -0.0661. The first kappa shape index (κ1) is 14.4. The van der Waals surface area contributed by atoms with Crippen LogP contribution in [0.15, 0.2) is 30.3 Å². The van der Waals surface area contributed by atoms with Crippen molar-refractivity contribution in [1.29, 1.82) is 0 Å². The van der Waals surface area contributed by atoms with Crippen LogP contribution in [0.3, 0.4) is 0 Å². The van der Waals surface area contributed by atoms with Crippen LogP contribution in [0, 0.1) is 0 Å². The summed E-state index contributed by atoms with van der Waals surface area (Å²) in [7, 11) is 0. The summed E-state index contributed by atoms with van der Waals surface area (Å²) in [6, 6.07) is 10.8. The number of carboxylic acid groups (broad SMARTS) is 1. The maximum absolute atomic E-state index is 10.9. The number of piperazine rings is 1. The Morgan fingerprint density at radius 2 is 1.81 bits per heavy atom. The van der Waals surface area contributed by atoms with Gasteiger partial charge in [0, 0.05) is 32.2 Å². The van der Waals surface area contributed by atoms with Crippen molar-refractivity contribution in [2.75, 3.05) is 26.2 Å². The van der Waals surface area contributed by atoms with Crippen molar-refractivity contribution in [3.63, 3.8) is 0 Å². The standard InChI is InChI=1S/C16H22N2O3/c19-16(20)18-8-6-17(7-9-18)14-10-15(11-14)21-12-13-4-2-1-3-5-13/h1-5,14-15H,6-12H2,(H,19,20)/t14-,15+. The fraction of sp³-hybridized carbons (Fsp3) is 0.562. The molecule has 1 heterocycles. The molecular formula is C16H22N2O3. The summed E-state index contributed by atoms with van der Waals surface area (Å²) in [6.45, 7) is 3.64. The van der Waals surface area contributed by atoms with Gasteiger partial charge in [-0.25, -0.2) is 4.79 Å². The third kappa shape index (κ3) is 3.54. The van der Waals surface area contributed by atoms with E-state index in [0.29, 0.717) is 31.8 Å². The van der Waals surface area contributed by atoms with E-state index in [4.69, 9.17) is 9.84 Å². The quantitative estimate of drug-likeness (QED) is 0.922. The van der Waals surface area contributed by atoms with Crippen molar-refractivity contribution in [3.05, 3.63) is 35.9 Å². The van der Waals surface area contributed by atoms with E-state index in [0.717, 1.165) is 25.9 Å². The molecular weight excluding hydrogens is 268 g/mol. The van der Waals surface area contributed by atoms with Gasteiger partial charge in [0.1, 0.15) is 0 Å². The van der Waals surface area contributed by atoms with Gasteiger partial charge in [0.05, 0.1) is 12.7 Å². The molecule has 1 saturated heterocycles. The normalized spacial score (nSPS) is 26.4. The SMILES string of the molecule is O=C(O)N1CCN([C@H]2C[C@@H](OCc3ccccc3)C2)CC1. The molecule has 3 rings (SSSR count). The Balaban J connectivity index is 1.36. The van der Waals surface area contributed by atoms with Crippen molar-refractivity contribution >= 4 is 6.09 Å². The molecule has 1 saturated carbocycles. The molecule has 2 fully saturated rings. The molecule has 0 bridgehead atoms. The van der Waals surface area contributed by atoms with Gasteiger partial charge in [0.2, 0.25) is 0 Å². The zero-order valence-corrected chi connectivity index (χ0v) is 12.1. The van der Waals surface area contributed by atoms with Crippen LogP contribution in [0.25, 0.3) is 0 Å². The van der Waals surface area contributed by atoms with E-state index in [1.165, 1.54) is 10.5 Å². The summed E-state index contributed by atoms with van der Waals surface area (Å²) in [6.07, 6.45) is 1.69. The van der Waals surface area contributed by atoms with E-state index in [1.54, 1.807) is 0 Å². The number of benzene rings is 1. The summed E-state index contributed by atoms with van der Waals surface area (Å²) in [5.41, 5.74) is 1.22. The van der Waals surface area contributed by atoms with Crippen LogP contribution in [0.5, 0.6) is 0 Å². The first-order valence-electron chi connectivity index (χ1n) is 7.60. The highest BCUT2D eigenvalue weighted by atomic mass is 16.5. The van der Waals surface area contributed by atoms with Crippen LogP contribution in [0.2, 0.25) is 0 Å². The molecule has 2 aliphatic rings. The van der Waals surface area contributed by atoms with Gasteiger partial charge in [-0.15, -0.1) is 0 Å². The Morgan fingerprint density at radius 3 is 2.43 bits per heavy atom. The maximum atomic E-state index is 10.9. The monoisotopic (exact) mass is 290 g/mol. The van der Waals surface area contributed by atoms with Gasteiger partial charge in [-0.05, 0) is 18.4 Å². The van der Waals surface area contributed by atoms with E-state index in [1.807, 2.05) is 18.2 Å². The molecule has 0 aromatic heterocycles. The molecule has 1 N–H and O–H groups in total. The summed E-state index contributed by atoms with van der Waals surface area (Å²) in [5.74, 6) is 0. The third-order valence-corrected chi connectivity index (χ3v) is 4.50. The van der Waals surface area contributed by atoms with Crippen LogP contribution in [0.4, 0.5) is 4.79 Å². The van der Waals surface area contributed by atoms with Gasteiger partial charge < -0.3 is 14.7 Å². The van der Waals surface area contributed by atoms with Gasteiger partial charge >= 0.3 is 6.09 Å². The average molecular weight is 290 g/mol. The lowest BCUT2D eigenvalue weighted by Crippen LogP contribution is -2.56. The average Bonchev–Trinajstić information content (AvgIpc) is 2.47. The van der Waals surface area contributed by atoms with E-state index in [2.05, 4.69) is 17.0 Å². The lowest BCUT2D eigenvalue weighted by atomic mass is 9.87. The molecule has 1 aliphatic heterocycles. The van der Waals surface area contributed by atoms with Gasteiger partial charge in [-0.2, -0.15) is 0 Å². The van der Waals surface area contributed by atoms with Crippen LogP contribution in [-0.4, -0.2) is 59.3 Å². The van der Waals surface area contributed by atoms with Crippen LogP contribution >= 0.6 is 0 Å². The minimum atomic E-state index is -0.799. The highest BCUT2D eigenvalue weighted by Crippen LogP contribution is 2.29. The Morgan fingerprint density at radius 1 is 1.14 bits per heavy atom. The molecule has 5 heteroatoms. The van der Waals surface area contributed by atoms with E-state index < -0.39 is 6.09 Å². The topological polar surface area (TPSA) is 53.0 Å². The highest BCUT2D eigenvalue weighted by Gasteiger charge is 2.36. The van der Waals surface area contributed by atoms with Gasteiger partial charge in [-0.1, -0.05) is 30.3 Å². The number of ether oxygens (including phenoxy) is 1. The second kappa shape index (κ2) is 6.45. The molecule has 21 heavy (non-hydrogen) atoms. The van der Waals surface area contributed by atoms with Crippen molar-refractivity contribution in [1.82, 2.24) is 9.80 Å². The summed E-state index contributed by atoms with van der Waals surface area (Å²) < 4.78 is 5.91. The second-order valence-electron chi connectivity index (χ2n) is 5.85. The molecule has 1 amide bonds. The number of hydrogen-bond donors (Lipinski definition) is 1. The predicted molar refractivity (Wildman–Crippen MR) is 79.2 cm³/mol. The van der Waals surface area contributed by atoms with E-state index >= 15 is 0 Å². The molecule has 114 valence electrons. The zero-order chi connectivity index (χ0) is 14.7. The molecule has 1 aromatic rings. The Bertz CT molecular complexity index is 466. The first-order chi connectivity index (χ1) is 10.2. The Kier molecular flexibility index (Phi) is 4.41. The van der Waals surface area contributed by atoms with Crippen molar-refractivity contribution < 1.29 is 14.6 Å². The summed E-state index contributed by atoms with van der Waals surface area (Å²) in [4.78, 5) is 14.8. The van der Waals surface area contributed by atoms with Crippen LogP contribution in [-0.2, 0) is 11.3 Å². The van der Waals surface area contributed by atoms with Crippen LogP contribution < -0.4 is 0 Å². The van der Waals surface area contributed by atoms with Gasteiger partial charge in [0.25, 0.3) is 0 Å². The maximum Gasteiger partial charge on any atom is 0.407 e. The fourth-order valence-electron chi connectivity index (χ4n) is 3.04. The number of rotatable bonds is 4. The first-order valence-corrected chi connectivity index (χ1v) is 7.60. The molecule has 1 aliphatic carbocycles. The third-order valence-electron chi connectivity index (χ3n) is 4.50. The smallest absolute Gasteiger partial charge is 0.407 e. The number of nitrogens with zero attached hydrogens (tertiary/aromatic N) is 2. The molecule has 0 unspecified atom stereocenters. The molecule has 0 spiro atoms. The molecule has 0 atom stereocenters. The van der Waals surface area contributed by atoms with Crippen LogP contribution in [0.1, 0.15) is 18.4 Å². The van der Waals surface area contributed by atoms with Gasteiger partial charge in [-0.3, -0.25) is 4.90 Å².